The number of aryl methyl sites for hydroxylation is 1. The Morgan fingerprint density at radius 1 is 0.820 bits per heavy atom. The van der Waals surface area contributed by atoms with Gasteiger partial charge in [0.15, 0.2) is 0 Å². The van der Waals surface area contributed by atoms with Crippen LogP contribution in [-0.4, -0.2) is 70.7 Å². The number of nitrogens with zero attached hydrogens (tertiary/aromatic N) is 4. The summed E-state index contributed by atoms with van der Waals surface area (Å²) in [6.07, 6.45) is 7.14. The largest absolute Gasteiger partial charge is 0.508 e. The number of hydrogen-bond donors (Lipinski definition) is 2. The Hall–Kier alpha value is -4.96. The predicted octanol–water partition coefficient (Wildman–Crippen LogP) is 5.16. The van der Waals surface area contributed by atoms with Gasteiger partial charge in [0.25, 0.3) is 5.56 Å². The van der Waals surface area contributed by atoms with Crippen molar-refractivity contribution in [2.24, 2.45) is 0 Å². The van der Waals surface area contributed by atoms with Crippen molar-refractivity contribution in [2.45, 2.75) is 62.8 Å². The van der Waals surface area contributed by atoms with Crippen LogP contribution in [0.3, 0.4) is 0 Å². The molecule has 0 radical (unpaired) electrons. The number of aromatic nitrogens is 2. The van der Waals surface area contributed by atoms with Crippen molar-refractivity contribution in [3.05, 3.63) is 118 Å². The van der Waals surface area contributed by atoms with Gasteiger partial charge < -0.3 is 14.7 Å². The Labute approximate surface area is 292 Å². The minimum Gasteiger partial charge on any atom is -0.508 e. The number of imide groups is 1. The number of piperidine rings is 1. The molecule has 1 aliphatic carbocycles. The number of anilines is 1. The van der Waals surface area contributed by atoms with Gasteiger partial charge in [-0.3, -0.25) is 29.2 Å². The fourth-order valence-electron chi connectivity index (χ4n) is 7.81. The van der Waals surface area contributed by atoms with Crippen LogP contribution in [0, 0.1) is 0 Å². The number of aromatic hydroxyl groups is 1. The Balaban J connectivity index is 0.847. The number of phenolic OH excluding ortho intramolecular Hbond substituents is 1. The maximum atomic E-state index is 12.8. The third-order valence-corrected chi connectivity index (χ3v) is 10.5. The van der Waals surface area contributed by atoms with E-state index >= 15 is 0 Å². The molecule has 260 valence electrons. The molecule has 0 spiro atoms. The molecule has 50 heavy (non-hydrogen) atoms. The lowest BCUT2D eigenvalue weighted by atomic mass is 9.69. The Kier molecular flexibility index (Phi) is 10.3. The minimum atomic E-state index is -0.694. The molecule has 7 rings (SSSR count). The molecule has 2 N–H and O–H groups in total. The van der Waals surface area contributed by atoms with Crippen molar-refractivity contribution in [1.29, 1.82) is 0 Å². The van der Waals surface area contributed by atoms with Gasteiger partial charge in [-0.1, -0.05) is 48.5 Å². The number of carbonyl (C=O) groups is 2. The maximum Gasteiger partial charge on any atom is 0.256 e. The molecule has 2 aliphatic heterocycles. The smallest absolute Gasteiger partial charge is 0.256 e. The van der Waals surface area contributed by atoms with Crippen molar-refractivity contribution in [2.75, 3.05) is 44.2 Å². The van der Waals surface area contributed by atoms with Crippen molar-refractivity contribution >= 4 is 17.6 Å². The first-order chi connectivity index (χ1) is 24.4. The van der Waals surface area contributed by atoms with Gasteiger partial charge in [0.2, 0.25) is 11.8 Å². The lowest BCUT2D eigenvalue weighted by molar-refractivity contribution is -0.135. The van der Waals surface area contributed by atoms with Gasteiger partial charge in [-0.2, -0.15) is 0 Å². The molecule has 10 heteroatoms. The van der Waals surface area contributed by atoms with E-state index in [-0.39, 0.29) is 23.8 Å². The number of phenols is 1. The highest BCUT2D eigenvalue weighted by atomic mass is 16.5. The Morgan fingerprint density at radius 2 is 1.62 bits per heavy atom. The average Bonchev–Trinajstić information content (AvgIpc) is 3.14. The second-order valence-electron chi connectivity index (χ2n) is 13.7. The van der Waals surface area contributed by atoms with Gasteiger partial charge in [-0.25, -0.2) is 4.98 Å². The topological polar surface area (TPSA) is 117 Å². The van der Waals surface area contributed by atoms with Crippen LogP contribution in [0.5, 0.6) is 11.5 Å². The third kappa shape index (κ3) is 7.60. The van der Waals surface area contributed by atoms with Crippen molar-refractivity contribution < 1.29 is 19.4 Å². The van der Waals surface area contributed by atoms with Gasteiger partial charge in [0.05, 0.1) is 6.61 Å². The molecule has 1 aromatic heterocycles. The Morgan fingerprint density at radius 3 is 2.38 bits per heavy atom. The van der Waals surface area contributed by atoms with Crippen LogP contribution < -0.4 is 20.5 Å². The molecular weight excluding hydrogens is 630 g/mol. The molecule has 10 nitrogen and oxygen atoms in total. The predicted molar refractivity (Wildman–Crippen MR) is 192 cm³/mol. The molecule has 2 fully saturated rings. The average molecular weight is 676 g/mol. The first-order valence-electron chi connectivity index (χ1n) is 17.9. The summed E-state index contributed by atoms with van der Waals surface area (Å²) in [6, 6.07) is 26.0. The van der Waals surface area contributed by atoms with Gasteiger partial charge in [-0.05, 0) is 97.5 Å². The zero-order chi connectivity index (χ0) is 34.5. The zero-order valence-electron chi connectivity index (χ0n) is 28.4. The number of unbranched alkanes of at least 4 members (excludes halogenated alkanes) is 2. The van der Waals surface area contributed by atoms with Crippen molar-refractivity contribution in [3.8, 4) is 11.5 Å². The lowest BCUT2D eigenvalue weighted by Crippen LogP contribution is -2.47. The highest BCUT2D eigenvalue weighted by Gasteiger charge is 2.32. The van der Waals surface area contributed by atoms with Crippen LogP contribution in [0.25, 0.3) is 0 Å². The number of benzene rings is 3. The normalized spacial score (nSPS) is 21.0. The number of carbonyl (C=O) groups excluding carboxylic acids is 2. The lowest BCUT2D eigenvalue weighted by Gasteiger charge is -2.35. The van der Waals surface area contributed by atoms with Crippen molar-refractivity contribution in [3.63, 3.8) is 0 Å². The van der Waals surface area contributed by atoms with Crippen LogP contribution in [0.15, 0.2) is 90.0 Å². The van der Waals surface area contributed by atoms with E-state index in [1.165, 1.54) is 39.2 Å². The van der Waals surface area contributed by atoms with Gasteiger partial charge in [0.1, 0.15) is 29.7 Å². The Bertz CT molecular complexity index is 1850. The van der Waals surface area contributed by atoms with Crippen LogP contribution >= 0.6 is 0 Å². The molecule has 4 aromatic rings. The summed E-state index contributed by atoms with van der Waals surface area (Å²) < 4.78 is 7.47. The van der Waals surface area contributed by atoms with E-state index in [0.717, 1.165) is 70.6 Å². The summed E-state index contributed by atoms with van der Waals surface area (Å²) >= 11 is 0. The zero-order valence-corrected chi connectivity index (χ0v) is 28.4. The number of amides is 2. The quantitative estimate of drug-likeness (QED) is 0.166. The highest BCUT2D eigenvalue weighted by molar-refractivity contribution is 5.99. The maximum absolute atomic E-state index is 12.8. The molecule has 3 aliphatic rings. The number of fused-ring (bicyclic) bond motifs is 1. The summed E-state index contributed by atoms with van der Waals surface area (Å²) in [5, 5.41) is 12.4. The van der Waals surface area contributed by atoms with E-state index < -0.39 is 11.9 Å². The van der Waals surface area contributed by atoms with Crippen LogP contribution in [0.2, 0.25) is 0 Å². The molecule has 1 unspecified atom stereocenters. The van der Waals surface area contributed by atoms with E-state index in [1.807, 2.05) is 12.1 Å². The van der Waals surface area contributed by atoms with Crippen LogP contribution in [-0.2, 0) is 16.0 Å². The number of rotatable bonds is 11. The van der Waals surface area contributed by atoms with Crippen LogP contribution in [0.1, 0.15) is 78.7 Å². The fraction of sp³-hybridized carbons (Fsp3) is 0.400. The SMILES string of the molecule is O=C1CCC(n2cnc(N3CCN(CCCCCOc4ccc([C@@H]5c6ccc(O)cc6CC[C@@H]5c5ccccc5)cc4)CC3)cc2=O)C(=O)N1. The van der Waals surface area contributed by atoms with Crippen LogP contribution in [0.4, 0.5) is 5.82 Å². The molecular formula is C40H45N5O5. The van der Waals surface area contributed by atoms with E-state index in [0.29, 0.717) is 30.5 Å². The van der Waals surface area contributed by atoms with Gasteiger partial charge in [0, 0.05) is 44.6 Å². The first kappa shape index (κ1) is 33.5. The number of piperazine rings is 1. The van der Waals surface area contributed by atoms with Gasteiger partial charge in [-0.15, -0.1) is 0 Å². The van der Waals surface area contributed by atoms with E-state index in [4.69, 9.17) is 4.74 Å². The second-order valence-corrected chi connectivity index (χ2v) is 13.7. The fourth-order valence-corrected chi connectivity index (χ4v) is 7.81. The molecule has 0 bridgehead atoms. The van der Waals surface area contributed by atoms with Gasteiger partial charge >= 0.3 is 0 Å². The highest BCUT2D eigenvalue weighted by Crippen LogP contribution is 2.47. The number of nitrogens with one attached hydrogen (secondary N) is 1. The number of hydrogen-bond acceptors (Lipinski definition) is 8. The molecule has 2 saturated heterocycles. The first-order valence-corrected chi connectivity index (χ1v) is 17.9. The number of ether oxygens (including phenoxy) is 1. The van der Waals surface area contributed by atoms with Crippen molar-refractivity contribution in [1.82, 2.24) is 19.8 Å². The van der Waals surface area contributed by atoms with E-state index in [2.05, 4.69) is 80.8 Å². The van der Waals surface area contributed by atoms with E-state index in [1.54, 1.807) is 0 Å². The third-order valence-electron chi connectivity index (χ3n) is 10.5. The second kappa shape index (κ2) is 15.3. The molecule has 2 amide bonds. The minimum absolute atomic E-state index is 0.217. The summed E-state index contributed by atoms with van der Waals surface area (Å²) in [7, 11) is 0. The summed E-state index contributed by atoms with van der Waals surface area (Å²) in [5.41, 5.74) is 4.87. The molecule has 3 atom stereocenters. The molecule has 3 heterocycles. The standard InChI is InChI=1S/C40H45N5O5/c46-31-12-16-34-30(25-31)11-15-33(28-7-3-1-4-8-28)39(34)29-9-13-32(14-10-29)50-24-6-2-5-19-43-20-22-44(23-21-43)36-26-38(48)45(27-41-36)35-17-18-37(47)42-40(35)49/h1,3-4,7-10,12-14,16,25-27,33,35,39,46H,2,5-6,11,15,17-24H2,(H,42,47,49)/t33-,35?,39+/m1/s1. The molecule has 3 aromatic carbocycles. The molecule has 0 saturated carbocycles. The monoisotopic (exact) mass is 675 g/mol. The van der Waals surface area contributed by atoms with E-state index in [9.17, 15) is 19.5 Å². The summed E-state index contributed by atoms with van der Waals surface area (Å²) in [5.74, 6) is 1.70. The summed E-state index contributed by atoms with van der Waals surface area (Å²) in [4.78, 5) is 45.5. The summed E-state index contributed by atoms with van der Waals surface area (Å²) in [6.45, 7) is 5.08.